The monoisotopic (exact) mass is 788 g/mol. The third kappa shape index (κ3) is 7.02. The highest BCUT2D eigenvalue weighted by Gasteiger charge is 2.39. The second-order valence-corrected chi connectivity index (χ2v) is 12.5. The van der Waals surface area contributed by atoms with E-state index >= 15 is 0 Å². The van der Waals surface area contributed by atoms with Crippen molar-refractivity contribution in [1.82, 2.24) is 29.9 Å². The van der Waals surface area contributed by atoms with Crippen molar-refractivity contribution in [2.24, 2.45) is 0 Å². The van der Waals surface area contributed by atoms with Crippen molar-refractivity contribution in [3.8, 4) is 46.5 Å². The smallest absolute Gasteiger partial charge is 0.418 e. The molecule has 0 aliphatic rings. The number of nitrogens with zero attached hydrogens (tertiary/aromatic N) is 6. The molecular formula is C42H22F6N6O4. The Morgan fingerprint density at radius 2 is 0.638 bits per heavy atom. The van der Waals surface area contributed by atoms with Gasteiger partial charge in [0.1, 0.15) is 61.6 Å². The van der Waals surface area contributed by atoms with Crippen molar-refractivity contribution >= 4 is 44.1 Å². The Morgan fingerprint density at radius 1 is 0.328 bits per heavy atom. The number of fused-ring (bicyclic) bond motifs is 7. The summed E-state index contributed by atoms with van der Waals surface area (Å²) < 4.78 is 110. The molecule has 0 N–H and O–H groups in total. The van der Waals surface area contributed by atoms with Crippen LogP contribution in [-0.2, 0) is 12.4 Å². The summed E-state index contributed by atoms with van der Waals surface area (Å²) in [4.78, 5) is 27.6. The lowest BCUT2D eigenvalue weighted by atomic mass is 10.1. The van der Waals surface area contributed by atoms with E-state index in [0.29, 0.717) is 29.1 Å². The van der Waals surface area contributed by atoms with E-state index in [-0.39, 0.29) is 62.7 Å². The number of rotatable bonds is 8. The van der Waals surface area contributed by atoms with Crippen molar-refractivity contribution in [2.75, 3.05) is 0 Å². The predicted octanol–water partition coefficient (Wildman–Crippen LogP) is 11.9. The highest BCUT2D eigenvalue weighted by Crippen LogP contribution is 2.44. The molecule has 286 valence electrons. The van der Waals surface area contributed by atoms with Crippen LogP contribution in [0.3, 0.4) is 0 Å². The Kier molecular flexibility index (Phi) is 8.79. The molecular weight excluding hydrogens is 766 g/mol. The standard InChI is InChI=1S/C42H22F6N6O4/c43-41(44,45)23-21-28(42(46,47)48)30-29(22-23)49-31-32(50-30)34-36(54-40(58-27-19-11-4-12-20-27)38(52-34)56-25-15-7-2-8-16-25)35-33(31)51-37(55-24-13-5-1-6-14-24)39(53-35)57-26-17-9-3-10-18-26/h1-22H. The average molecular weight is 789 g/mol. The minimum absolute atomic E-state index is 0.00762. The van der Waals surface area contributed by atoms with E-state index in [4.69, 9.17) is 38.9 Å². The lowest BCUT2D eigenvalue weighted by Gasteiger charge is -2.17. The normalized spacial score (nSPS) is 12.0. The second-order valence-electron chi connectivity index (χ2n) is 12.5. The summed E-state index contributed by atoms with van der Waals surface area (Å²) >= 11 is 0. The van der Waals surface area contributed by atoms with Crippen LogP contribution in [0.2, 0.25) is 0 Å². The maximum Gasteiger partial charge on any atom is 0.418 e. The van der Waals surface area contributed by atoms with E-state index in [0.717, 1.165) is 0 Å². The summed E-state index contributed by atoms with van der Waals surface area (Å²) in [5, 5.41) is 0. The van der Waals surface area contributed by atoms with Gasteiger partial charge in [-0.05, 0) is 60.7 Å². The van der Waals surface area contributed by atoms with Gasteiger partial charge in [-0.15, -0.1) is 0 Å². The van der Waals surface area contributed by atoms with E-state index in [1.54, 1.807) is 121 Å². The minimum atomic E-state index is -5.27. The third-order valence-corrected chi connectivity index (χ3v) is 8.57. The summed E-state index contributed by atoms with van der Waals surface area (Å²) in [6, 6.07) is 34.4. The molecule has 10 nitrogen and oxygen atoms in total. The molecule has 0 saturated heterocycles. The van der Waals surface area contributed by atoms with Crippen LogP contribution >= 0.6 is 0 Å². The minimum Gasteiger partial charge on any atom is -0.435 e. The van der Waals surface area contributed by atoms with Gasteiger partial charge in [-0.3, -0.25) is 0 Å². The number of ether oxygens (including phenoxy) is 4. The van der Waals surface area contributed by atoms with E-state index in [9.17, 15) is 26.3 Å². The van der Waals surface area contributed by atoms with Crippen LogP contribution in [0.5, 0.6) is 46.5 Å². The van der Waals surface area contributed by atoms with Crippen molar-refractivity contribution in [1.29, 1.82) is 0 Å². The SMILES string of the molecule is FC(F)(F)c1cc(C(F)(F)F)c2nc3c4nc(Oc5ccccc5)c(Oc5ccccc5)nc4c4nc(Oc5ccccc5)c(Oc5ccccc5)nc4c3nc2c1. The Morgan fingerprint density at radius 3 is 0.948 bits per heavy atom. The first-order valence-corrected chi connectivity index (χ1v) is 17.2. The van der Waals surface area contributed by atoms with Crippen molar-refractivity contribution in [3.05, 3.63) is 145 Å². The highest BCUT2D eigenvalue weighted by atomic mass is 19.4. The molecule has 0 radical (unpaired) electrons. The molecule has 0 fully saturated rings. The highest BCUT2D eigenvalue weighted by molar-refractivity contribution is 6.19. The number of para-hydroxylation sites is 4. The van der Waals surface area contributed by atoms with E-state index in [1.807, 2.05) is 0 Å². The van der Waals surface area contributed by atoms with Gasteiger partial charge in [0, 0.05) is 0 Å². The van der Waals surface area contributed by atoms with Gasteiger partial charge in [-0.1, -0.05) is 72.8 Å². The summed E-state index contributed by atoms with van der Waals surface area (Å²) in [5.74, 6) is 0.471. The first-order valence-electron chi connectivity index (χ1n) is 17.2. The number of halogens is 6. The number of aromatic nitrogens is 6. The molecule has 0 spiro atoms. The molecule has 58 heavy (non-hydrogen) atoms. The largest absolute Gasteiger partial charge is 0.435 e. The zero-order valence-electron chi connectivity index (χ0n) is 29.3. The van der Waals surface area contributed by atoms with Gasteiger partial charge in [0.2, 0.25) is 0 Å². The molecule has 16 heteroatoms. The zero-order valence-corrected chi connectivity index (χ0v) is 29.3. The molecule has 0 amide bonds. The first kappa shape index (κ1) is 36.0. The van der Waals surface area contributed by atoms with Crippen LogP contribution in [0.15, 0.2) is 133 Å². The zero-order chi connectivity index (χ0) is 40.0. The summed E-state index contributed by atoms with van der Waals surface area (Å²) in [5.41, 5.74) is -5.94. The van der Waals surface area contributed by atoms with E-state index in [2.05, 4.69) is 9.97 Å². The van der Waals surface area contributed by atoms with Gasteiger partial charge in [-0.2, -0.15) is 26.3 Å². The maximum atomic E-state index is 14.6. The molecule has 0 unspecified atom stereocenters. The van der Waals surface area contributed by atoms with Gasteiger partial charge in [0.25, 0.3) is 23.5 Å². The first-order chi connectivity index (χ1) is 28.0. The Labute approximate surface area is 322 Å². The third-order valence-electron chi connectivity index (χ3n) is 8.57. The van der Waals surface area contributed by atoms with E-state index in [1.165, 1.54) is 0 Å². The Hall–Kier alpha value is -7.62. The molecule has 9 rings (SSSR count). The van der Waals surface area contributed by atoms with Gasteiger partial charge in [0.05, 0.1) is 16.6 Å². The fourth-order valence-corrected chi connectivity index (χ4v) is 6.01. The average Bonchev–Trinajstić information content (AvgIpc) is 3.21. The molecule has 3 aromatic heterocycles. The summed E-state index contributed by atoms with van der Waals surface area (Å²) in [6.07, 6.45) is -10.4. The molecule has 0 saturated carbocycles. The number of hydrogen-bond donors (Lipinski definition) is 0. The summed E-state index contributed by atoms with van der Waals surface area (Å²) in [7, 11) is 0. The maximum absolute atomic E-state index is 14.6. The van der Waals surface area contributed by atoms with Gasteiger partial charge < -0.3 is 18.9 Å². The van der Waals surface area contributed by atoms with Crippen molar-refractivity contribution < 1.29 is 45.3 Å². The van der Waals surface area contributed by atoms with Crippen LogP contribution < -0.4 is 18.9 Å². The van der Waals surface area contributed by atoms with Crippen LogP contribution in [-0.4, -0.2) is 29.9 Å². The molecule has 6 aromatic carbocycles. The second kappa shape index (κ2) is 14.1. The molecule has 0 aliphatic carbocycles. The number of benzene rings is 6. The number of alkyl halides is 6. The van der Waals surface area contributed by atoms with E-state index < -0.39 is 34.5 Å². The molecule has 9 aromatic rings. The fourth-order valence-electron chi connectivity index (χ4n) is 6.01. The van der Waals surface area contributed by atoms with Gasteiger partial charge in [-0.25, -0.2) is 29.9 Å². The molecule has 0 aliphatic heterocycles. The van der Waals surface area contributed by atoms with Crippen LogP contribution in [0.25, 0.3) is 44.1 Å². The Bertz CT molecular complexity index is 2980. The lowest BCUT2D eigenvalue weighted by Crippen LogP contribution is -2.13. The van der Waals surface area contributed by atoms with Gasteiger partial charge in [0.15, 0.2) is 0 Å². The van der Waals surface area contributed by atoms with Crippen LogP contribution in [0, 0.1) is 0 Å². The van der Waals surface area contributed by atoms with Crippen LogP contribution in [0.1, 0.15) is 11.1 Å². The predicted molar refractivity (Wildman–Crippen MR) is 199 cm³/mol. The fraction of sp³-hybridized carbons (Fsp3) is 0.0476. The van der Waals surface area contributed by atoms with Gasteiger partial charge >= 0.3 is 12.4 Å². The number of hydrogen-bond acceptors (Lipinski definition) is 10. The molecule has 0 bridgehead atoms. The quantitative estimate of drug-likeness (QED) is 0.0837. The van der Waals surface area contributed by atoms with Crippen molar-refractivity contribution in [2.45, 2.75) is 12.4 Å². The Balaban J connectivity index is 1.41. The van der Waals surface area contributed by atoms with Crippen molar-refractivity contribution in [3.63, 3.8) is 0 Å². The van der Waals surface area contributed by atoms with Crippen LogP contribution in [0.4, 0.5) is 26.3 Å². The lowest BCUT2D eigenvalue weighted by molar-refractivity contribution is -0.142. The summed E-state index contributed by atoms with van der Waals surface area (Å²) in [6.45, 7) is 0. The molecule has 0 atom stereocenters. The topological polar surface area (TPSA) is 114 Å². The molecule has 3 heterocycles.